The molecule has 0 spiro atoms. The van der Waals surface area contributed by atoms with Gasteiger partial charge in [-0.3, -0.25) is 38.4 Å². The molecule has 26 nitrogen and oxygen atoms in total. The lowest BCUT2D eigenvalue weighted by atomic mass is 9.46. The minimum Gasteiger partial charge on any atom is -0.465 e. The molecule has 0 aromatic carbocycles. The number of methoxy groups -OCH3 is 2. The van der Waals surface area contributed by atoms with E-state index in [0.29, 0.717) is 111 Å². The van der Waals surface area contributed by atoms with Gasteiger partial charge in [-0.05, 0) is 396 Å². The van der Waals surface area contributed by atoms with Crippen LogP contribution >= 0.6 is 0 Å². The van der Waals surface area contributed by atoms with Crippen LogP contribution in [0.1, 0.15) is 353 Å². The first-order valence-corrected chi connectivity index (χ1v) is 54.7. The second-order valence-corrected chi connectivity index (χ2v) is 55.8. The van der Waals surface area contributed by atoms with E-state index in [2.05, 4.69) is 23.3 Å². The molecule has 10 unspecified atom stereocenters. The zero-order valence-corrected chi connectivity index (χ0v) is 92.9. The number of hydrogen-bond donors (Lipinski definition) is 1. The summed E-state index contributed by atoms with van der Waals surface area (Å²) in [7, 11) is 3.10. The van der Waals surface area contributed by atoms with Gasteiger partial charge in [0.05, 0.1) is 83.0 Å². The molecule has 1 heterocycles. The first-order valence-electron chi connectivity index (χ1n) is 54.7. The summed E-state index contributed by atoms with van der Waals surface area (Å²) in [5.74, 6) is -3.37. The Balaban J connectivity index is 0.000000157. The maximum absolute atomic E-state index is 14.5. The fraction of sp³-hybridized carbons (Fsp3) is 0.904. The maximum Gasteiger partial charge on any atom is 0.468 e. The van der Waals surface area contributed by atoms with Gasteiger partial charge in [0.25, 0.3) is 5.92 Å². The minimum atomic E-state index is -5.69. The number of aliphatic hydroxyl groups is 1. The summed E-state index contributed by atoms with van der Waals surface area (Å²) >= 11 is 0. The Morgan fingerprint density at radius 1 is 0.445 bits per heavy atom. The van der Waals surface area contributed by atoms with Crippen molar-refractivity contribution in [1.29, 1.82) is 0 Å². The highest BCUT2D eigenvalue weighted by Gasteiger charge is 2.77. The lowest BCUT2D eigenvalue weighted by Crippen LogP contribution is -2.64. The average molecular weight is 2080 g/mol. The Bertz CT molecular complexity index is 4550. The molecule has 0 amide bonds. The molecule has 32 heteroatoms. The highest BCUT2D eigenvalue weighted by Crippen LogP contribution is 2.70. The van der Waals surface area contributed by atoms with Crippen molar-refractivity contribution in [3.63, 3.8) is 0 Å². The van der Waals surface area contributed by atoms with Crippen molar-refractivity contribution in [1.82, 2.24) is 0 Å². The zero-order chi connectivity index (χ0) is 109. The Morgan fingerprint density at radius 3 is 1.24 bits per heavy atom. The van der Waals surface area contributed by atoms with E-state index in [1.165, 1.54) is 71.1 Å². The van der Waals surface area contributed by atoms with Gasteiger partial charge in [0, 0.05) is 41.3 Å². The monoisotopic (exact) mass is 2080 g/mol. The molecule has 21 saturated carbocycles. The van der Waals surface area contributed by atoms with Crippen LogP contribution in [0.3, 0.4) is 0 Å². The van der Waals surface area contributed by atoms with Crippen molar-refractivity contribution in [2.45, 2.75) is 401 Å². The van der Waals surface area contributed by atoms with E-state index in [1.807, 2.05) is 83.1 Å². The summed E-state index contributed by atoms with van der Waals surface area (Å²) in [6.07, 6.45) is 18.2. The van der Waals surface area contributed by atoms with E-state index in [4.69, 9.17) is 56.8 Å². The van der Waals surface area contributed by atoms with Crippen LogP contribution in [-0.4, -0.2) is 186 Å². The van der Waals surface area contributed by atoms with Crippen LogP contribution in [0.15, 0.2) is 0 Å². The minimum absolute atomic E-state index is 0.0133. The lowest BCUT2D eigenvalue weighted by molar-refractivity contribution is -0.370. The van der Waals surface area contributed by atoms with Crippen molar-refractivity contribution in [3.8, 4) is 0 Å². The zero-order valence-electron chi connectivity index (χ0n) is 92.9. The predicted octanol–water partition coefficient (Wildman–Crippen LogP) is 22.0. The third-order valence-electron chi connectivity index (χ3n) is 38.5. The Morgan fingerprint density at radius 2 is 0.856 bits per heavy atom. The Hall–Kier alpha value is -6.41. The van der Waals surface area contributed by atoms with Crippen molar-refractivity contribution < 1.29 is 151 Å². The molecular formula is C114H178F6O26. The van der Waals surface area contributed by atoms with Crippen molar-refractivity contribution in [3.05, 3.63) is 0 Å². The van der Waals surface area contributed by atoms with Gasteiger partial charge in [-0.2, -0.15) is 13.2 Å². The van der Waals surface area contributed by atoms with Gasteiger partial charge in [-0.15, -0.1) is 0 Å². The number of carbonyl (C=O) groups excluding carboxylic acids is 11. The second-order valence-electron chi connectivity index (χ2n) is 55.8. The Kier molecular flexibility index (Phi) is 34.9. The molecule has 1 N–H and O–H groups in total. The van der Waals surface area contributed by atoms with E-state index >= 15 is 0 Å². The molecule has 0 radical (unpaired) electrons. The van der Waals surface area contributed by atoms with Crippen LogP contribution in [0.2, 0.25) is 0 Å². The predicted molar refractivity (Wildman–Crippen MR) is 526 cm³/mol. The third kappa shape index (κ3) is 25.0. The molecule has 1 saturated heterocycles. The Labute approximate surface area is 863 Å². The molecule has 10 atom stereocenters. The molecule has 22 bridgehead atoms. The number of esters is 11. The second kappa shape index (κ2) is 43.1. The number of fused-ring (bicyclic) bond motifs is 2. The molecule has 1 aliphatic heterocycles. The van der Waals surface area contributed by atoms with Crippen molar-refractivity contribution >= 4 is 65.7 Å². The van der Waals surface area contributed by atoms with E-state index in [-0.39, 0.29) is 120 Å². The SMILES string of the molecule is CC(C)(C)C(=O)OCC(=O)OCC1(C)C2CC3CC(C2)CC1C3.CC(C)(C)C(=O)OCC1(C)C2CC3CC(C2)CC1C3.CC(C)(C)C(F)COC(=O)C12CCC(C)(C(=O)O1)C2(C)C.CCOC(=O)C(OCC(F)(F)C(C)(C)C)(OC(=O)C12CC3CC(CC(O)(C3)C1)C2)C(F)(F)F.COC(C)OC(=O)C1C2CC3CC1CC(C2)C3COC(=O)C(C)(C)C.COC(C)OC(=O)C1C2CC3CC1CC(COC(=O)C(C)(C)C)(C3)C2. The summed E-state index contributed by atoms with van der Waals surface area (Å²) in [6.45, 7) is 45.2. The van der Waals surface area contributed by atoms with Gasteiger partial charge in [-0.1, -0.05) is 69.2 Å². The number of alkyl halides is 6. The summed E-state index contributed by atoms with van der Waals surface area (Å²) < 4.78 is 159. The molecule has 22 aliphatic rings. The number of rotatable bonds is 26. The van der Waals surface area contributed by atoms with E-state index < -0.39 is 128 Å². The smallest absolute Gasteiger partial charge is 0.465 e. The van der Waals surface area contributed by atoms with Crippen LogP contribution < -0.4 is 0 Å². The fourth-order valence-corrected chi connectivity index (χ4v) is 29.8. The van der Waals surface area contributed by atoms with Gasteiger partial charge < -0.3 is 71.4 Å². The van der Waals surface area contributed by atoms with Crippen LogP contribution in [0, 0.1) is 183 Å². The van der Waals surface area contributed by atoms with Gasteiger partial charge in [0.2, 0.25) is 5.60 Å². The van der Waals surface area contributed by atoms with E-state index in [0.717, 1.165) is 120 Å². The summed E-state index contributed by atoms with van der Waals surface area (Å²) in [6, 6.07) is 0. The van der Waals surface area contributed by atoms with Crippen molar-refractivity contribution in [2.75, 3.05) is 67.1 Å². The molecule has 21 aliphatic carbocycles. The van der Waals surface area contributed by atoms with E-state index in [9.17, 15) is 84.2 Å². The van der Waals surface area contributed by atoms with Gasteiger partial charge in [0.15, 0.2) is 19.2 Å². The molecular weight excluding hydrogens is 1900 g/mol. The maximum atomic E-state index is 14.5. The third-order valence-corrected chi connectivity index (χ3v) is 38.5. The number of halogens is 6. The van der Waals surface area contributed by atoms with Crippen LogP contribution in [0.25, 0.3) is 0 Å². The fourth-order valence-electron chi connectivity index (χ4n) is 29.8. The highest BCUT2D eigenvalue weighted by atomic mass is 19.4. The molecule has 832 valence electrons. The number of ether oxygens (including phenoxy) is 14. The number of hydrogen-bond acceptors (Lipinski definition) is 26. The normalized spacial score (nSPS) is 37.4. The topological polar surface area (TPSA) is 337 Å². The van der Waals surface area contributed by atoms with E-state index in [1.54, 1.807) is 69.6 Å². The largest absolute Gasteiger partial charge is 0.468 e. The summed E-state index contributed by atoms with van der Waals surface area (Å²) in [5, 5.41) is 10.8. The number of carbonyl (C=O) groups is 11. The average Bonchev–Trinajstić information content (AvgIpc) is 1.50. The summed E-state index contributed by atoms with van der Waals surface area (Å²) in [5.41, 5.74) is -9.06. The quantitative estimate of drug-likeness (QED) is 0.0364. The molecule has 0 aromatic heterocycles. The molecule has 22 rings (SSSR count). The van der Waals surface area contributed by atoms with Crippen LogP contribution in [0.4, 0.5) is 26.3 Å². The molecule has 0 aromatic rings. The molecule has 146 heavy (non-hydrogen) atoms. The first kappa shape index (κ1) is 118. The first-order chi connectivity index (χ1) is 67.1. The summed E-state index contributed by atoms with van der Waals surface area (Å²) in [4.78, 5) is 135. The van der Waals surface area contributed by atoms with Gasteiger partial charge in [-0.25, -0.2) is 27.6 Å². The van der Waals surface area contributed by atoms with Crippen LogP contribution in [0.5, 0.6) is 0 Å². The standard InChI is InChI=1S/C22H31F5O6.2C20H32O5.C19H30O4.C17H28O2.C16H25FO4/c1-5-31-16(29)21(22(25,26)27,32-12-20(23,24)17(2,3)4)33-15(28)18-7-13-6-14(8-18)10-19(30,9-13)11-18;1-12(23-5)25-17(21)16-14-6-13-7-15(16)10-20(8-13,9-14)11-24-18(22)19(2,3)4;1-11(23-5)25-18(21)17-14-6-12-7-15(17)9-13(8-14)16(12)10-24-19(22)20(2,3)4;1-18(2,3)17(21)22-10-16(20)23-11-19(4)14-6-12-5-13(8-14)9-15(19)7-12;1-16(2,3)15(18)19-10-17(4)13-6-11-5-12(8-13)9-14(17)7-11;1-13(2,3)10(17)9-20-12(19)16-8-7-15(6,11(18)21-16)14(16,4)5/h13-14,30H,5-12H2,1-4H3;12-16H,6-11H2,1-5H3;11-17H,6-10H2,1-5H3;12-15H,5-11H2,1-4H3;11-14H,5-10H2,1-4H3;10H,7-9H2,1-6H3. The highest BCUT2D eigenvalue weighted by molar-refractivity contribution is 5.94. The van der Waals surface area contributed by atoms with Crippen LogP contribution in [-0.2, 0) is 119 Å². The molecule has 22 fully saturated rings. The lowest BCUT2D eigenvalue weighted by Gasteiger charge is -2.59. The van der Waals surface area contributed by atoms with Gasteiger partial charge >= 0.3 is 77.6 Å². The van der Waals surface area contributed by atoms with Crippen molar-refractivity contribution in [2.24, 2.45) is 183 Å². The van der Waals surface area contributed by atoms with Gasteiger partial charge in [0.1, 0.15) is 19.4 Å².